The highest BCUT2D eigenvalue weighted by Gasteiger charge is 2.36. The summed E-state index contributed by atoms with van der Waals surface area (Å²) >= 11 is 7.78. The summed E-state index contributed by atoms with van der Waals surface area (Å²) in [6.07, 6.45) is 1.38. The predicted octanol–water partition coefficient (Wildman–Crippen LogP) is 4.71. The third kappa shape index (κ3) is 4.84. The molecule has 1 saturated heterocycles. The van der Waals surface area contributed by atoms with E-state index in [-0.39, 0.29) is 34.3 Å². The number of nitro benzene ring substituents is 1. The average molecular weight is 469 g/mol. The molecule has 1 aliphatic heterocycles. The van der Waals surface area contributed by atoms with E-state index in [4.69, 9.17) is 16.7 Å². The summed E-state index contributed by atoms with van der Waals surface area (Å²) in [6.45, 7) is -0.437. The van der Waals surface area contributed by atoms with Crippen molar-refractivity contribution in [3.8, 4) is 0 Å². The monoisotopic (exact) mass is 468 g/mol. The van der Waals surface area contributed by atoms with Crippen LogP contribution in [0.2, 0.25) is 5.02 Å². The Labute approximate surface area is 184 Å². The Hall–Kier alpha value is -2.40. The second-order valence-electron chi connectivity index (χ2n) is 6.02. The third-order valence-electron chi connectivity index (χ3n) is 4.08. The molecule has 156 valence electrons. The van der Waals surface area contributed by atoms with Gasteiger partial charge in [-0.2, -0.15) is 0 Å². The van der Waals surface area contributed by atoms with Crippen LogP contribution in [-0.4, -0.2) is 38.4 Å². The van der Waals surface area contributed by atoms with Crippen molar-refractivity contribution in [2.45, 2.75) is 11.4 Å². The SMILES string of the molecule is O=C1S/C(=C\c2ccc(SCCO)c([N+](=O)[O-])c2)C(=O)N1Cc1c(F)cccc1Cl. The van der Waals surface area contributed by atoms with Crippen LogP contribution in [0, 0.1) is 15.9 Å². The molecule has 7 nitrogen and oxygen atoms in total. The van der Waals surface area contributed by atoms with E-state index in [1.54, 1.807) is 6.07 Å². The summed E-state index contributed by atoms with van der Waals surface area (Å²) in [5.74, 6) is -0.958. The number of halogens is 2. The maximum atomic E-state index is 14.0. The first kappa shape index (κ1) is 22.3. The number of nitrogens with zero attached hydrogens (tertiary/aromatic N) is 2. The highest BCUT2D eigenvalue weighted by Crippen LogP contribution is 2.36. The molecule has 2 aromatic rings. The minimum Gasteiger partial charge on any atom is -0.396 e. The molecule has 30 heavy (non-hydrogen) atoms. The van der Waals surface area contributed by atoms with Gasteiger partial charge < -0.3 is 5.11 Å². The predicted molar refractivity (Wildman–Crippen MR) is 114 cm³/mol. The number of amides is 2. The van der Waals surface area contributed by atoms with Crippen LogP contribution in [0.1, 0.15) is 11.1 Å². The fourth-order valence-corrected chi connectivity index (χ4v) is 4.49. The van der Waals surface area contributed by atoms with Crippen molar-refractivity contribution in [1.29, 1.82) is 0 Å². The number of aliphatic hydroxyl groups excluding tert-OH is 1. The van der Waals surface area contributed by atoms with Crippen LogP contribution in [0.4, 0.5) is 14.9 Å². The van der Waals surface area contributed by atoms with Crippen LogP contribution >= 0.6 is 35.1 Å². The van der Waals surface area contributed by atoms with Crippen LogP contribution in [0.15, 0.2) is 46.2 Å². The molecule has 1 N–H and O–H groups in total. The van der Waals surface area contributed by atoms with Gasteiger partial charge in [0.05, 0.1) is 27.9 Å². The molecule has 1 aliphatic rings. The summed E-state index contributed by atoms with van der Waals surface area (Å²) in [7, 11) is 0. The van der Waals surface area contributed by atoms with Gasteiger partial charge in [0.25, 0.3) is 16.8 Å². The molecule has 0 atom stereocenters. The van der Waals surface area contributed by atoms with Gasteiger partial charge in [-0.1, -0.05) is 23.7 Å². The topological polar surface area (TPSA) is 101 Å². The summed E-state index contributed by atoms with van der Waals surface area (Å²) in [4.78, 5) is 37.1. The minimum absolute atomic E-state index is 0.0311. The molecule has 0 saturated carbocycles. The maximum Gasteiger partial charge on any atom is 0.293 e. The number of benzene rings is 2. The molecule has 3 rings (SSSR count). The summed E-state index contributed by atoms with van der Waals surface area (Å²) in [6, 6.07) is 8.46. The van der Waals surface area contributed by atoms with E-state index in [0.717, 1.165) is 16.7 Å². The van der Waals surface area contributed by atoms with E-state index in [0.29, 0.717) is 28.0 Å². The van der Waals surface area contributed by atoms with Crippen molar-refractivity contribution in [3.05, 3.63) is 73.4 Å². The van der Waals surface area contributed by atoms with Gasteiger partial charge >= 0.3 is 0 Å². The molecule has 2 amide bonds. The van der Waals surface area contributed by atoms with E-state index in [1.165, 1.54) is 36.4 Å². The van der Waals surface area contributed by atoms with Crippen LogP contribution in [-0.2, 0) is 11.3 Å². The van der Waals surface area contributed by atoms with Gasteiger partial charge in [-0.3, -0.25) is 24.6 Å². The first-order valence-electron chi connectivity index (χ1n) is 8.52. The zero-order chi connectivity index (χ0) is 21.8. The highest BCUT2D eigenvalue weighted by atomic mass is 35.5. The Bertz CT molecular complexity index is 1040. The largest absolute Gasteiger partial charge is 0.396 e. The van der Waals surface area contributed by atoms with E-state index in [1.807, 2.05) is 0 Å². The van der Waals surface area contributed by atoms with Crippen molar-refractivity contribution in [2.75, 3.05) is 12.4 Å². The van der Waals surface area contributed by atoms with Crippen LogP contribution < -0.4 is 0 Å². The highest BCUT2D eigenvalue weighted by molar-refractivity contribution is 8.18. The van der Waals surface area contributed by atoms with Gasteiger partial charge in [0.2, 0.25) is 0 Å². The molecule has 1 heterocycles. The molecule has 0 bridgehead atoms. The second-order valence-corrected chi connectivity index (χ2v) is 8.56. The van der Waals surface area contributed by atoms with Gasteiger partial charge in [-0.25, -0.2) is 4.39 Å². The molecule has 0 spiro atoms. The Balaban J connectivity index is 1.86. The molecule has 0 unspecified atom stereocenters. The normalized spacial score (nSPS) is 15.3. The van der Waals surface area contributed by atoms with E-state index in [9.17, 15) is 24.1 Å². The molecule has 11 heteroatoms. The molecular formula is C19H14ClFN2O5S2. The van der Waals surface area contributed by atoms with Gasteiger partial charge in [-0.05, 0) is 41.6 Å². The average Bonchev–Trinajstić information content (AvgIpc) is 2.96. The zero-order valence-corrected chi connectivity index (χ0v) is 17.6. The fraction of sp³-hybridized carbons (Fsp3) is 0.158. The third-order valence-corrected chi connectivity index (χ3v) is 6.38. The van der Waals surface area contributed by atoms with Crippen LogP contribution in [0.25, 0.3) is 6.08 Å². The number of aliphatic hydroxyl groups is 1. The van der Waals surface area contributed by atoms with Crippen molar-refractivity contribution in [1.82, 2.24) is 4.90 Å². The standard InChI is InChI=1S/C19H14ClFN2O5S2/c20-13-2-1-3-14(21)12(13)10-22-18(25)17(30-19(22)26)9-11-4-5-16(29-7-6-24)15(8-11)23(27)28/h1-5,8-9,24H,6-7,10H2/b17-9-. The lowest BCUT2D eigenvalue weighted by atomic mass is 10.1. The summed E-state index contributed by atoms with van der Waals surface area (Å²) in [5.41, 5.74) is 0.229. The zero-order valence-electron chi connectivity index (χ0n) is 15.2. The molecule has 0 radical (unpaired) electrons. The number of thioether (sulfide) groups is 2. The number of hydrogen-bond donors (Lipinski definition) is 1. The number of imide groups is 1. The van der Waals surface area contributed by atoms with Crippen molar-refractivity contribution in [3.63, 3.8) is 0 Å². The van der Waals surface area contributed by atoms with Crippen molar-refractivity contribution in [2.24, 2.45) is 0 Å². The Morgan fingerprint density at radius 2 is 2.07 bits per heavy atom. The van der Waals surface area contributed by atoms with Crippen LogP contribution in [0.5, 0.6) is 0 Å². The van der Waals surface area contributed by atoms with Gasteiger partial charge in [0.1, 0.15) is 5.82 Å². The molecule has 0 aromatic heterocycles. The maximum absolute atomic E-state index is 14.0. The lowest BCUT2D eigenvalue weighted by Crippen LogP contribution is -2.28. The van der Waals surface area contributed by atoms with Gasteiger partial charge in [0.15, 0.2) is 0 Å². The van der Waals surface area contributed by atoms with Gasteiger partial charge in [0, 0.05) is 22.4 Å². The Morgan fingerprint density at radius 3 is 2.73 bits per heavy atom. The first-order chi connectivity index (χ1) is 14.3. The lowest BCUT2D eigenvalue weighted by Gasteiger charge is -2.14. The second kappa shape index (κ2) is 9.61. The number of carbonyl (C=O) groups excluding carboxylic acids is 2. The minimum atomic E-state index is -0.634. The number of rotatable bonds is 7. The van der Waals surface area contributed by atoms with E-state index < -0.39 is 21.9 Å². The first-order valence-corrected chi connectivity index (χ1v) is 10.7. The molecule has 2 aromatic carbocycles. The number of carbonyl (C=O) groups is 2. The van der Waals surface area contributed by atoms with Crippen molar-refractivity contribution < 1.29 is 24.0 Å². The Morgan fingerprint density at radius 1 is 1.30 bits per heavy atom. The summed E-state index contributed by atoms with van der Waals surface area (Å²) < 4.78 is 14.0. The Kier molecular flexibility index (Phi) is 7.14. The molecular weight excluding hydrogens is 455 g/mol. The van der Waals surface area contributed by atoms with Gasteiger partial charge in [-0.15, -0.1) is 11.8 Å². The number of hydrogen-bond acceptors (Lipinski definition) is 7. The smallest absolute Gasteiger partial charge is 0.293 e. The van der Waals surface area contributed by atoms with Crippen LogP contribution in [0.3, 0.4) is 0 Å². The summed E-state index contributed by atoms with van der Waals surface area (Å²) in [5, 5.41) is 19.8. The molecule has 0 aliphatic carbocycles. The van der Waals surface area contributed by atoms with E-state index in [2.05, 4.69) is 0 Å². The fourth-order valence-electron chi connectivity index (χ4n) is 2.67. The lowest BCUT2D eigenvalue weighted by molar-refractivity contribution is -0.387. The molecule has 1 fully saturated rings. The van der Waals surface area contributed by atoms with E-state index >= 15 is 0 Å². The number of nitro groups is 1. The van der Waals surface area contributed by atoms with Crippen molar-refractivity contribution >= 4 is 58.0 Å². The quantitative estimate of drug-likeness (QED) is 0.272.